The van der Waals surface area contributed by atoms with Gasteiger partial charge in [-0.15, -0.1) is 23.7 Å². The number of carbonyl (C=O) groups is 2. The second-order valence-corrected chi connectivity index (χ2v) is 9.83. The predicted molar refractivity (Wildman–Crippen MR) is 125 cm³/mol. The molecule has 1 aromatic carbocycles. The summed E-state index contributed by atoms with van der Waals surface area (Å²) in [5.41, 5.74) is 10.1. The third-order valence-corrected chi connectivity index (χ3v) is 6.55. The quantitative estimate of drug-likeness (QED) is 0.604. The van der Waals surface area contributed by atoms with Gasteiger partial charge in [0.2, 0.25) is 11.8 Å². The first-order chi connectivity index (χ1) is 14.5. The van der Waals surface area contributed by atoms with Crippen molar-refractivity contribution in [3.8, 4) is 10.4 Å². The molecular weight excluding hydrogens is 455 g/mol. The van der Waals surface area contributed by atoms with Crippen LogP contribution in [0.15, 0.2) is 29.8 Å². The number of carbonyl (C=O) groups excluding carboxylic acids is 2. The second kappa shape index (κ2) is 10.2. The molecule has 1 aromatic heterocycles. The van der Waals surface area contributed by atoms with Crippen molar-refractivity contribution in [1.82, 2.24) is 15.2 Å². The number of nitrogens with zero attached hydrogens (tertiary/aromatic N) is 2. The van der Waals surface area contributed by atoms with E-state index in [9.17, 15) is 19.1 Å². The number of β-amino-alcohol motifs (C(OH)–C–C–N with tert-alkyl or cyclic N) is 1. The highest BCUT2D eigenvalue weighted by molar-refractivity contribution is 7.13. The van der Waals surface area contributed by atoms with Crippen molar-refractivity contribution >= 4 is 35.6 Å². The Morgan fingerprint density at radius 2 is 1.97 bits per heavy atom. The van der Waals surface area contributed by atoms with Crippen molar-refractivity contribution in [3.05, 3.63) is 41.0 Å². The molecule has 3 rings (SSSR count). The molecule has 0 radical (unpaired) electrons. The van der Waals surface area contributed by atoms with E-state index in [1.807, 2.05) is 31.2 Å². The van der Waals surface area contributed by atoms with E-state index in [4.69, 9.17) is 5.73 Å². The summed E-state index contributed by atoms with van der Waals surface area (Å²) in [5, 5.41) is 12.6. The van der Waals surface area contributed by atoms with Gasteiger partial charge in [0.1, 0.15) is 12.1 Å². The summed E-state index contributed by atoms with van der Waals surface area (Å²) in [6.45, 7) is 7.24. The fourth-order valence-corrected chi connectivity index (χ4v) is 4.32. The minimum Gasteiger partial charge on any atom is -0.388 e. The van der Waals surface area contributed by atoms with Gasteiger partial charge < -0.3 is 21.1 Å². The molecule has 2 heterocycles. The largest absolute Gasteiger partial charge is 0.388 e. The van der Waals surface area contributed by atoms with Gasteiger partial charge in [-0.2, -0.15) is 0 Å². The van der Waals surface area contributed by atoms with Crippen molar-refractivity contribution in [2.24, 2.45) is 11.1 Å². The number of likely N-dealkylation sites (tertiary alicyclic amines) is 1. The average Bonchev–Trinajstić information content (AvgIpc) is 3.28. The monoisotopic (exact) mass is 484 g/mol. The summed E-state index contributed by atoms with van der Waals surface area (Å²) in [4.78, 5) is 31.9. The Morgan fingerprint density at radius 3 is 2.50 bits per heavy atom. The highest BCUT2D eigenvalue weighted by atomic mass is 35.5. The summed E-state index contributed by atoms with van der Waals surface area (Å²) >= 11 is 1.56. The van der Waals surface area contributed by atoms with Crippen LogP contribution in [0.5, 0.6) is 0 Å². The maximum absolute atomic E-state index is 14.6. The standard InChI is InChI=1S/C22H29FN4O3S.ClH/c1-12-18(31-11-26-12)14-7-5-13(6-8-14)9-25-20(29)17-16(23)15(28)10-27(17)21(30)19(24)22(2,3)4;/h5-8,11,15-17,19,28H,9-10,24H2,1-4H3,(H,25,29);1H/t15-,16-,17-,19?;/m0./s1. The SMILES string of the molecule is Cc1ncsc1-c1ccc(CNC(=O)[C@@H]2[C@@H](F)[C@@H](O)CN2C(=O)C(N)C(C)(C)C)cc1.Cl. The molecule has 1 unspecified atom stereocenters. The lowest BCUT2D eigenvalue weighted by Crippen LogP contribution is -2.56. The third kappa shape index (κ3) is 5.46. The summed E-state index contributed by atoms with van der Waals surface area (Å²) in [5.74, 6) is -1.20. The van der Waals surface area contributed by atoms with Crippen molar-refractivity contribution in [1.29, 1.82) is 0 Å². The van der Waals surface area contributed by atoms with Crippen molar-refractivity contribution < 1.29 is 19.1 Å². The van der Waals surface area contributed by atoms with Gasteiger partial charge in [0, 0.05) is 6.54 Å². The summed E-state index contributed by atoms with van der Waals surface area (Å²) in [6, 6.07) is 5.32. The summed E-state index contributed by atoms with van der Waals surface area (Å²) in [7, 11) is 0. The molecule has 7 nitrogen and oxygen atoms in total. The number of aromatic nitrogens is 1. The first-order valence-electron chi connectivity index (χ1n) is 10.2. The van der Waals surface area contributed by atoms with E-state index < -0.39 is 41.6 Å². The van der Waals surface area contributed by atoms with Gasteiger partial charge >= 0.3 is 0 Å². The van der Waals surface area contributed by atoms with Gasteiger partial charge in [-0.1, -0.05) is 45.0 Å². The van der Waals surface area contributed by atoms with E-state index in [1.165, 1.54) is 0 Å². The number of aryl methyl sites for hydroxylation is 1. The molecule has 1 fully saturated rings. The zero-order chi connectivity index (χ0) is 22.9. The highest BCUT2D eigenvalue weighted by Gasteiger charge is 2.49. The normalized spacial score (nSPS) is 21.7. The highest BCUT2D eigenvalue weighted by Crippen LogP contribution is 2.28. The van der Waals surface area contributed by atoms with Gasteiger partial charge in [-0.05, 0) is 23.5 Å². The van der Waals surface area contributed by atoms with Crippen LogP contribution in [0.25, 0.3) is 10.4 Å². The Bertz CT molecular complexity index is 947. The lowest BCUT2D eigenvalue weighted by Gasteiger charge is -2.32. The number of nitrogens with two attached hydrogens (primary N) is 1. The molecule has 1 aliphatic rings. The maximum atomic E-state index is 14.6. The number of hydrogen-bond acceptors (Lipinski definition) is 6. The summed E-state index contributed by atoms with van der Waals surface area (Å²) < 4.78 is 14.6. The van der Waals surface area contributed by atoms with Crippen LogP contribution >= 0.6 is 23.7 Å². The van der Waals surface area contributed by atoms with E-state index >= 15 is 0 Å². The number of nitrogens with one attached hydrogen (secondary N) is 1. The number of aliphatic hydroxyl groups excluding tert-OH is 1. The van der Waals surface area contributed by atoms with E-state index in [2.05, 4.69) is 10.3 Å². The van der Waals surface area contributed by atoms with Crippen LogP contribution in [-0.4, -0.2) is 57.7 Å². The predicted octanol–water partition coefficient (Wildman–Crippen LogP) is 2.44. The number of aliphatic hydroxyl groups is 1. The molecule has 0 aliphatic carbocycles. The van der Waals surface area contributed by atoms with Gasteiger partial charge in [-0.25, -0.2) is 9.37 Å². The van der Waals surface area contributed by atoms with Crippen molar-refractivity contribution in [2.75, 3.05) is 6.54 Å². The zero-order valence-corrected chi connectivity index (χ0v) is 20.2. The van der Waals surface area contributed by atoms with E-state index in [0.717, 1.165) is 26.6 Å². The lowest BCUT2D eigenvalue weighted by atomic mass is 9.86. The number of benzene rings is 1. The van der Waals surface area contributed by atoms with Crippen molar-refractivity contribution in [3.63, 3.8) is 0 Å². The number of amides is 2. The minimum atomic E-state index is -1.87. The second-order valence-electron chi connectivity index (χ2n) is 8.97. The molecule has 4 N–H and O–H groups in total. The zero-order valence-electron chi connectivity index (χ0n) is 18.5. The smallest absolute Gasteiger partial charge is 0.246 e. The first kappa shape index (κ1) is 26.2. The van der Waals surface area contributed by atoms with Crippen LogP contribution in [0.1, 0.15) is 32.0 Å². The first-order valence-corrected chi connectivity index (χ1v) is 11.0. The van der Waals surface area contributed by atoms with Crippen LogP contribution in [0.4, 0.5) is 4.39 Å². The number of rotatable bonds is 5. The van der Waals surface area contributed by atoms with Crippen LogP contribution in [-0.2, 0) is 16.1 Å². The van der Waals surface area contributed by atoms with Crippen LogP contribution in [0, 0.1) is 12.3 Å². The molecule has 32 heavy (non-hydrogen) atoms. The van der Waals surface area contributed by atoms with Crippen LogP contribution in [0.2, 0.25) is 0 Å². The molecule has 2 aromatic rings. The maximum Gasteiger partial charge on any atom is 0.246 e. The Kier molecular flexibility index (Phi) is 8.38. The molecule has 2 amide bonds. The number of thiazole rings is 1. The van der Waals surface area contributed by atoms with E-state index in [-0.39, 0.29) is 25.5 Å². The van der Waals surface area contributed by atoms with Gasteiger partial charge in [0.05, 0.1) is 28.7 Å². The molecule has 4 atom stereocenters. The number of hydrogen-bond donors (Lipinski definition) is 3. The molecule has 0 spiro atoms. The molecule has 0 saturated carbocycles. The van der Waals surface area contributed by atoms with E-state index in [1.54, 1.807) is 37.6 Å². The molecule has 1 aliphatic heterocycles. The van der Waals surface area contributed by atoms with Crippen LogP contribution in [0.3, 0.4) is 0 Å². The molecular formula is C22H30ClFN4O3S. The Hall–Kier alpha value is -2.07. The fourth-order valence-electron chi connectivity index (χ4n) is 3.51. The Morgan fingerprint density at radius 1 is 1.34 bits per heavy atom. The fraction of sp³-hybridized carbons (Fsp3) is 0.500. The van der Waals surface area contributed by atoms with Gasteiger partial charge in [-0.3, -0.25) is 9.59 Å². The summed E-state index contributed by atoms with van der Waals surface area (Å²) in [6.07, 6.45) is -3.29. The number of halogens is 2. The van der Waals surface area contributed by atoms with E-state index in [0.29, 0.717) is 0 Å². The number of alkyl halides is 1. The van der Waals surface area contributed by atoms with Gasteiger partial charge in [0.25, 0.3) is 0 Å². The van der Waals surface area contributed by atoms with Crippen molar-refractivity contribution in [2.45, 2.75) is 58.6 Å². The Balaban J connectivity index is 0.00000363. The lowest BCUT2D eigenvalue weighted by molar-refractivity contribution is -0.142. The minimum absolute atomic E-state index is 0. The topological polar surface area (TPSA) is 109 Å². The third-order valence-electron chi connectivity index (χ3n) is 5.57. The van der Waals surface area contributed by atoms with Crippen LogP contribution < -0.4 is 11.1 Å². The molecule has 176 valence electrons. The molecule has 10 heteroatoms. The molecule has 0 bridgehead atoms. The molecule has 1 saturated heterocycles. The van der Waals surface area contributed by atoms with Gasteiger partial charge in [0.15, 0.2) is 6.17 Å². The Labute approximate surface area is 197 Å². The average molecular weight is 485 g/mol.